The number of ether oxygens (including phenoxy) is 2. The molecule has 0 spiro atoms. The van der Waals surface area contributed by atoms with Crippen molar-refractivity contribution in [1.29, 1.82) is 0 Å². The molecule has 39 heavy (non-hydrogen) atoms. The second-order valence-electron chi connectivity index (χ2n) is 9.08. The van der Waals surface area contributed by atoms with E-state index in [-0.39, 0.29) is 5.91 Å². The van der Waals surface area contributed by atoms with Gasteiger partial charge in [-0.2, -0.15) is 0 Å². The van der Waals surface area contributed by atoms with Gasteiger partial charge in [-0.15, -0.1) is 0 Å². The Morgan fingerprint density at radius 1 is 0.846 bits per heavy atom. The Labute approximate surface area is 228 Å². The lowest BCUT2D eigenvalue weighted by atomic mass is 10.1. The molecule has 1 N–H and O–H groups in total. The second-order valence-corrected chi connectivity index (χ2v) is 9.08. The van der Waals surface area contributed by atoms with Crippen LogP contribution in [0.25, 0.3) is 11.1 Å². The lowest BCUT2D eigenvalue weighted by Crippen LogP contribution is -2.12. The quantitative estimate of drug-likeness (QED) is 0.218. The number of amides is 1. The van der Waals surface area contributed by atoms with Crippen LogP contribution in [-0.2, 0) is 13.0 Å². The highest BCUT2D eigenvalue weighted by atomic mass is 16.5. The Kier molecular flexibility index (Phi) is 7.93. The molecule has 0 bridgehead atoms. The van der Waals surface area contributed by atoms with Crippen LogP contribution in [0.2, 0.25) is 0 Å². The molecule has 2 heterocycles. The molecule has 194 valence electrons. The fourth-order valence-electron chi connectivity index (χ4n) is 4.09. The molecule has 6 nitrogen and oxygen atoms in total. The summed E-state index contributed by atoms with van der Waals surface area (Å²) in [5.41, 5.74) is 5.91. The van der Waals surface area contributed by atoms with Crippen molar-refractivity contribution in [3.63, 3.8) is 0 Å². The Hall–Kier alpha value is -4.97. The number of benzene rings is 3. The fraction of sp³-hybridized carbons (Fsp3) is 0.121. The van der Waals surface area contributed by atoms with Crippen molar-refractivity contribution in [1.82, 2.24) is 9.97 Å². The topological polar surface area (TPSA) is 73.3 Å². The maximum absolute atomic E-state index is 13.1. The van der Waals surface area contributed by atoms with Crippen molar-refractivity contribution < 1.29 is 14.3 Å². The third kappa shape index (κ3) is 6.48. The van der Waals surface area contributed by atoms with E-state index in [1.165, 1.54) is 0 Å². The largest absolute Gasteiger partial charge is 0.489 e. The number of anilines is 1. The summed E-state index contributed by atoms with van der Waals surface area (Å²) < 4.78 is 12.2. The molecular formula is C33H29N3O3. The summed E-state index contributed by atoms with van der Waals surface area (Å²) in [5, 5.41) is 2.96. The predicted molar refractivity (Wildman–Crippen MR) is 153 cm³/mol. The molecule has 5 rings (SSSR count). The van der Waals surface area contributed by atoms with Gasteiger partial charge in [-0.3, -0.25) is 9.78 Å². The monoisotopic (exact) mass is 515 g/mol. The first kappa shape index (κ1) is 25.7. The number of rotatable bonds is 9. The molecule has 5 aromatic rings. The maximum Gasteiger partial charge on any atom is 0.255 e. The normalized spacial score (nSPS) is 10.6. The van der Waals surface area contributed by atoms with Gasteiger partial charge in [0.1, 0.15) is 18.1 Å². The van der Waals surface area contributed by atoms with E-state index in [1.807, 2.05) is 91.9 Å². The zero-order valence-corrected chi connectivity index (χ0v) is 21.9. The van der Waals surface area contributed by atoms with Crippen molar-refractivity contribution in [2.75, 3.05) is 5.32 Å². The zero-order valence-electron chi connectivity index (χ0n) is 21.9. The van der Waals surface area contributed by atoms with Gasteiger partial charge in [0.05, 0.1) is 0 Å². The third-order valence-electron chi connectivity index (χ3n) is 6.26. The highest BCUT2D eigenvalue weighted by molar-refractivity contribution is 6.04. The van der Waals surface area contributed by atoms with E-state index in [9.17, 15) is 4.79 Å². The Balaban J connectivity index is 1.32. The second kappa shape index (κ2) is 12.0. The van der Waals surface area contributed by atoms with Gasteiger partial charge in [-0.1, -0.05) is 49.4 Å². The number of hydrogen-bond donors (Lipinski definition) is 1. The Morgan fingerprint density at radius 2 is 1.72 bits per heavy atom. The molecule has 0 atom stereocenters. The van der Waals surface area contributed by atoms with Gasteiger partial charge in [0.2, 0.25) is 5.88 Å². The van der Waals surface area contributed by atoms with Crippen LogP contribution in [0.3, 0.4) is 0 Å². The summed E-state index contributed by atoms with van der Waals surface area (Å²) in [5.74, 6) is 1.46. The first-order valence-electron chi connectivity index (χ1n) is 12.9. The molecule has 3 aromatic carbocycles. The summed E-state index contributed by atoms with van der Waals surface area (Å²) in [4.78, 5) is 22.0. The van der Waals surface area contributed by atoms with Crippen molar-refractivity contribution in [2.45, 2.75) is 26.9 Å². The molecule has 0 aliphatic rings. The molecule has 1 amide bonds. The first-order valence-corrected chi connectivity index (χ1v) is 12.9. The van der Waals surface area contributed by atoms with Crippen LogP contribution in [0.4, 0.5) is 5.69 Å². The number of aryl methyl sites for hydroxylation is 2. The number of aromatic nitrogens is 2. The van der Waals surface area contributed by atoms with Gasteiger partial charge in [0, 0.05) is 41.0 Å². The lowest BCUT2D eigenvalue weighted by molar-refractivity contribution is 0.102. The molecule has 0 saturated carbocycles. The van der Waals surface area contributed by atoms with Gasteiger partial charge in [0.25, 0.3) is 5.91 Å². The zero-order chi connectivity index (χ0) is 27.0. The van der Waals surface area contributed by atoms with Gasteiger partial charge < -0.3 is 14.8 Å². The highest BCUT2D eigenvalue weighted by Crippen LogP contribution is 2.33. The van der Waals surface area contributed by atoms with Crippen LogP contribution in [0, 0.1) is 6.92 Å². The van der Waals surface area contributed by atoms with Crippen LogP contribution in [0.1, 0.15) is 34.1 Å². The van der Waals surface area contributed by atoms with Gasteiger partial charge in [-0.25, -0.2) is 4.98 Å². The molecule has 0 aliphatic carbocycles. The highest BCUT2D eigenvalue weighted by Gasteiger charge is 2.14. The van der Waals surface area contributed by atoms with Crippen molar-refractivity contribution >= 4 is 11.6 Å². The summed E-state index contributed by atoms with van der Waals surface area (Å²) in [6.45, 7) is 4.46. The molecule has 0 radical (unpaired) electrons. The number of carbonyl (C=O) groups is 1. The molecular weight excluding hydrogens is 486 g/mol. The van der Waals surface area contributed by atoms with E-state index in [0.29, 0.717) is 35.2 Å². The van der Waals surface area contributed by atoms with E-state index in [1.54, 1.807) is 24.5 Å². The summed E-state index contributed by atoms with van der Waals surface area (Å²) in [7, 11) is 0. The van der Waals surface area contributed by atoms with Crippen LogP contribution in [0.15, 0.2) is 109 Å². The van der Waals surface area contributed by atoms with E-state index in [0.717, 1.165) is 34.4 Å². The standard InChI is InChI=1S/C33H29N3O3/c1-3-27-19-25(16-18-34-27)30-13-8-17-35-33(30)39-31-20-26(15-14-23(31)2)32(37)36-28-11-7-12-29(21-28)38-22-24-9-5-4-6-10-24/h4-21H,3,22H2,1-2H3,(H,36,37). The number of carbonyl (C=O) groups excluding carboxylic acids is 1. The number of nitrogens with one attached hydrogen (secondary N) is 1. The van der Waals surface area contributed by atoms with Crippen LogP contribution in [0.5, 0.6) is 17.4 Å². The summed E-state index contributed by atoms with van der Waals surface area (Å²) in [6, 6.07) is 30.5. The first-order chi connectivity index (χ1) is 19.1. The van der Waals surface area contributed by atoms with E-state index in [4.69, 9.17) is 9.47 Å². The number of nitrogens with zero attached hydrogens (tertiary/aromatic N) is 2. The Morgan fingerprint density at radius 3 is 2.56 bits per heavy atom. The smallest absolute Gasteiger partial charge is 0.255 e. The number of pyridine rings is 2. The number of hydrogen-bond acceptors (Lipinski definition) is 5. The van der Waals surface area contributed by atoms with Gasteiger partial charge in [-0.05, 0) is 78.6 Å². The predicted octanol–water partition coefficient (Wildman–Crippen LogP) is 7.64. The third-order valence-corrected chi connectivity index (χ3v) is 6.26. The minimum atomic E-state index is -0.247. The maximum atomic E-state index is 13.1. The average Bonchev–Trinajstić information content (AvgIpc) is 2.98. The minimum absolute atomic E-state index is 0.247. The molecule has 0 aliphatic heterocycles. The average molecular weight is 516 g/mol. The summed E-state index contributed by atoms with van der Waals surface area (Å²) >= 11 is 0. The van der Waals surface area contributed by atoms with E-state index < -0.39 is 0 Å². The van der Waals surface area contributed by atoms with Crippen LogP contribution in [-0.4, -0.2) is 15.9 Å². The van der Waals surface area contributed by atoms with Gasteiger partial charge >= 0.3 is 0 Å². The van der Waals surface area contributed by atoms with E-state index >= 15 is 0 Å². The lowest BCUT2D eigenvalue weighted by Gasteiger charge is -2.14. The molecule has 0 unspecified atom stereocenters. The Bertz CT molecular complexity index is 1580. The van der Waals surface area contributed by atoms with E-state index in [2.05, 4.69) is 22.2 Å². The SMILES string of the molecule is CCc1cc(-c2cccnc2Oc2cc(C(=O)Nc3cccc(OCc4ccccc4)c3)ccc2C)ccn1. The molecule has 2 aromatic heterocycles. The van der Waals surface area contributed by atoms with Gasteiger partial charge in [0.15, 0.2) is 0 Å². The van der Waals surface area contributed by atoms with Crippen molar-refractivity contribution in [3.8, 4) is 28.5 Å². The van der Waals surface area contributed by atoms with Crippen molar-refractivity contribution in [2.24, 2.45) is 0 Å². The molecule has 0 fully saturated rings. The van der Waals surface area contributed by atoms with Crippen LogP contribution < -0.4 is 14.8 Å². The minimum Gasteiger partial charge on any atom is -0.489 e. The van der Waals surface area contributed by atoms with Crippen molar-refractivity contribution in [3.05, 3.63) is 132 Å². The van der Waals surface area contributed by atoms with Crippen LogP contribution >= 0.6 is 0 Å². The molecule has 0 saturated heterocycles. The molecule has 6 heteroatoms. The summed E-state index contributed by atoms with van der Waals surface area (Å²) in [6.07, 6.45) is 4.32. The fourth-order valence-corrected chi connectivity index (χ4v) is 4.09.